The quantitative estimate of drug-likeness (QED) is 0.756. The normalized spacial score (nSPS) is 13.6. The van der Waals surface area contributed by atoms with E-state index >= 15 is 0 Å². The Bertz CT molecular complexity index is 596. The van der Waals surface area contributed by atoms with Crippen LogP contribution in [0.2, 0.25) is 0 Å². The van der Waals surface area contributed by atoms with Crippen molar-refractivity contribution in [2.45, 2.75) is 12.8 Å². The zero-order valence-electron chi connectivity index (χ0n) is 9.80. The third-order valence-corrected chi connectivity index (χ3v) is 2.98. The number of aryl methyl sites for hydroxylation is 1. The minimum absolute atomic E-state index is 0.210. The summed E-state index contributed by atoms with van der Waals surface area (Å²) in [6, 6.07) is 7.80. The lowest BCUT2D eigenvalue weighted by molar-refractivity contribution is 0.111. The van der Waals surface area contributed by atoms with Crippen LogP contribution in [0.15, 0.2) is 30.5 Å². The summed E-state index contributed by atoms with van der Waals surface area (Å²) < 4.78 is 5.57. The second kappa shape index (κ2) is 4.56. The van der Waals surface area contributed by atoms with Gasteiger partial charge in [-0.25, -0.2) is 9.97 Å². The van der Waals surface area contributed by atoms with Crippen molar-refractivity contribution in [3.8, 4) is 17.0 Å². The summed E-state index contributed by atoms with van der Waals surface area (Å²) in [4.78, 5) is 18.7. The highest BCUT2D eigenvalue weighted by atomic mass is 16.5. The zero-order valence-corrected chi connectivity index (χ0v) is 9.80. The predicted octanol–water partition coefficient (Wildman–Crippen LogP) is 2.28. The van der Waals surface area contributed by atoms with Crippen molar-refractivity contribution in [2.24, 2.45) is 0 Å². The summed E-state index contributed by atoms with van der Waals surface area (Å²) in [5, 5.41) is 0. The van der Waals surface area contributed by atoms with Gasteiger partial charge in [-0.05, 0) is 42.7 Å². The van der Waals surface area contributed by atoms with Crippen molar-refractivity contribution in [1.82, 2.24) is 9.97 Å². The van der Waals surface area contributed by atoms with Crippen LogP contribution in [0, 0.1) is 0 Å². The largest absolute Gasteiger partial charge is 0.493 e. The lowest BCUT2D eigenvalue weighted by Crippen LogP contribution is -2.08. The highest BCUT2D eigenvalue weighted by molar-refractivity contribution is 5.71. The van der Waals surface area contributed by atoms with Gasteiger partial charge in [0.1, 0.15) is 5.75 Å². The molecule has 1 aliphatic rings. The molecule has 4 nitrogen and oxygen atoms in total. The molecule has 0 spiro atoms. The maximum Gasteiger partial charge on any atom is 0.193 e. The van der Waals surface area contributed by atoms with Gasteiger partial charge in [0.25, 0.3) is 0 Å². The zero-order chi connectivity index (χ0) is 12.4. The number of carbonyl (C=O) groups is 1. The fraction of sp³-hybridized carbons (Fsp3) is 0.214. The van der Waals surface area contributed by atoms with E-state index in [0.717, 1.165) is 36.5 Å². The third-order valence-electron chi connectivity index (χ3n) is 2.98. The molecule has 0 saturated carbocycles. The molecule has 1 aromatic heterocycles. The number of carbonyl (C=O) groups excluding carboxylic acids is 1. The molecule has 90 valence electrons. The number of rotatable bonds is 2. The molecule has 0 bridgehead atoms. The Morgan fingerprint density at radius 3 is 3.11 bits per heavy atom. The molecule has 3 rings (SSSR count). The Labute approximate surface area is 105 Å². The van der Waals surface area contributed by atoms with E-state index in [2.05, 4.69) is 16.0 Å². The van der Waals surface area contributed by atoms with Crippen molar-refractivity contribution in [2.75, 3.05) is 6.61 Å². The number of fused-ring (bicyclic) bond motifs is 1. The molecular formula is C14H12N2O2. The maximum absolute atomic E-state index is 10.7. The first-order valence-corrected chi connectivity index (χ1v) is 5.91. The van der Waals surface area contributed by atoms with E-state index in [4.69, 9.17) is 4.74 Å². The highest BCUT2D eigenvalue weighted by Crippen LogP contribution is 2.29. The summed E-state index contributed by atoms with van der Waals surface area (Å²) in [6.07, 6.45) is 4.32. The minimum atomic E-state index is 0.210. The predicted molar refractivity (Wildman–Crippen MR) is 66.7 cm³/mol. The van der Waals surface area contributed by atoms with Gasteiger partial charge in [-0.15, -0.1) is 0 Å². The molecule has 0 radical (unpaired) electrons. The Balaban J connectivity index is 2.03. The number of hydrogen-bond acceptors (Lipinski definition) is 4. The Morgan fingerprint density at radius 2 is 2.22 bits per heavy atom. The van der Waals surface area contributed by atoms with Crippen molar-refractivity contribution in [3.63, 3.8) is 0 Å². The van der Waals surface area contributed by atoms with Crippen molar-refractivity contribution in [1.29, 1.82) is 0 Å². The van der Waals surface area contributed by atoms with Crippen molar-refractivity contribution in [3.05, 3.63) is 41.9 Å². The molecule has 4 heteroatoms. The number of aromatic nitrogens is 2. The van der Waals surface area contributed by atoms with E-state index in [1.807, 2.05) is 12.1 Å². The molecular weight excluding hydrogens is 228 g/mol. The van der Waals surface area contributed by atoms with Crippen LogP contribution < -0.4 is 4.74 Å². The number of ether oxygens (including phenoxy) is 1. The monoisotopic (exact) mass is 240 g/mol. The Morgan fingerprint density at radius 1 is 1.28 bits per heavy atom. The van der Waals surface area contributed by atoms with Gasteiger partial charge in [0.05, 0.1) is 12.3 Å². The summed E-state index contributed by atoms with van der Waals surface area (Å²) in [6.45, 7) is 0.787. The topological polar surface area (TPSA) is 52.1 Å². The van der Waals surface area contributed by atoms with Gasteiger partial charge in [-0.3, -0.25) is 4.79 Å². The van der Waals surface area contributed by atoms with Crippen LogP contribution in [0.3, 0.4) is 0 Å². The standard InChI is InChI=1S/C14H12N2O2/c17-9-14-15-6-5-12(16-14)10-3-4-13-11(8-10)2-1-7-18-13/h3-6,8-9H,1-2,7H2. The average Bonchev–Trinajstić information content (AvgIpc) is 2.47. The van der Waals surface area contributed by atoms with Gasteiger partial charge in [0.2, 0.25) is 0 Å². The van der Waals surface area contributed by atoms with Gasteiger partial charge in [0.15, 0.2) is 12.1 Å². The van der Waals surface area contributed by atoms with E-state index in [1.165, 1.54) is 5.56 Å². The van der Waals surface area contributed by atoms with E-state index in [9.17, 15) is 4.79 Å². The fourth-order valence-electron chi connectivity index (χ4n) is 2.11. The highest BCUT2D eigenvalue weighted by Gasteiger charge is 2.11. The SMILES string of the molecule is O=Cc1nccc(-c2ccc3c(c2)CCCO3)n1. The third kappa shape index (κ3) is 1.97. The summed E-state index contributed by atoms with van der Waals surface area (Å²) in [7, 11) is 0. The molecule has 0 atom stereocenters. The van der Waals surface area contributed by atoms with E-state index < -0.39 is 0 Å². The smallest absolute Gasteiger partial charge is 0.193 e. The van der Waals surface area contributed by atoms with Gasteiger partial charge in [-0.2, -0.15) is 0 Å². The van der Waals surface area contributed by atoms with Gasteiger partial charge in [-0.1, -0.05) is 0 Å². The average molecular weight is 240 g/mol. The summed E-state index contributed by atoms with van der Waals surface area (Å²) in [5.41, 5.74) is 2.95. The van der Waals surface area contributed by atoms with Crippen LogP contribution >= 0.6 is 0 Å². The second-order valence-corrected chi connectivity index (χ2v) is 4.19. The second-order valence-electron chi connectivity index (χ2n) is 4.19. The lowest BCUT2D eigenvalue weighted by Gasteiger charge is -2.17. The number of nitrogens with zero attached hydrogens (tertiary/aromatic N) is 2. The van der Waals surface area contributed by atoms with Gasteiger partial charge in [0, 0.05) is 11.8 Å². The number of benzene rings is 1. The summed E-state index contributed by atoms with van der Waals surface area (Å²) >= 11 is 0. The van der Waals surface area contributed by atoms with Crippen molar-refractivity contribution < 1.29 is 9.53 Å². The Kier molecular flexibility index (Phi) is 2.76. The van der Waals surface area contributed by atoms with E-state index in [0.29, 0.717) is 6.29 Å². The molecule has 0 aliphatic carbocycles. The summed E-state index contributed by atoms with van der Waals surface area (Å²) in [5.74, 6) is 1.16. The first-order valence-electron chi connectivity index (χ1n) is 5.91. The van der Waals surface area contributed by atoms with E-state index in [1.54, 1.807) is 12.3 Å². The van der Waals surface area contributed by atoms with Crippen LogP contribution in [-0.2, 0) is 6.42 Å². The van der Waals surface area contributed by atoms with Crippen LogP contribution in [-0.4, -0.2) is 22.9 Å². The van der Waals surface area contributed by atoms with Crippen LogP contribution in [0.5, 0.6) is 5.75 Å². The molecule has 1 aliphatic heterocycles. The number of hydrogen-bond donors (Lipinski definition) is 0. The Hall–Kier alpha value is -2.23. The molecule has 18 heavy (non-hydrogen) atoms. The number of aldehydes is 1. The fourth-order valence-corrected chi connectivity index (χ4v) is 2.11. The van der Waals surface area contributed by atoms with E-state index in [-0.39, 0.29) is 5.82 Å². The molecule has 0 amide bonds. The van der Waals surface area contributed by atoms with Crippen LogP contribution in [0.25, 0.3) is 11.3 Å². The lowest BCUT2D eigenvalue weighted by atomic mass is 10.0. The van der Waals surface area contributed by atoms with Crippen molar-refractivity contribution >= 4 is 6.29 Å². The molecule has 0 saturated heterocycles. The van der Waals surface area contributed by atoms with Gasteiger partial charge >= 0.3 is 0 Å². The minimum Gasteiger partial charge on any atom is -0.493 e. The van der Waals surface area contributed by atoms with Crippen LogP contribution in [0.4, 0.5) is 0 Å². The van der Waals surface area contributed by atoms with Crippen LogP contribution in [0.1, 0.15) is 22.6 Å². The molecule has 1 aromatic carbocycles. The molecule has 2 heterocycles. The molecule has 0 fully saturated rings. The molecule has 0 unspecified atom stereocenters. The first-order chi connectivity index (χ1) is 8.86. The first kappa shape index (κ1) is 10.9. The molecule has 0 N–H and O–H groups in total. The maximum atomic E-state index is 10.7. The van der Waals surface area contributed by atoms with Gasteiger partial charge < -0.3 is 4.74 Å². The molecule has 2 aromatic rings.